The van der Waals surface area contributed by atoms with Crippen molar-refractivity contribution in [3.8, 4) is 5.75 Å². The molecule has 1 N–H and O–H groups in total. The molecule has 2 aromatic rings. The quantitative estimate of drug-likeness (QED) is 0.937. The van der Waals surface area contributed by atoms with E-state index in [9.17, 15) is 14.3 Å². The van der Waals surface area contributed by atoms with Crippen molar-refractivity contribution in [2.75, 3.05) is 13.2 Å². The molecular formula is C16H19FN2O4. The molecule has 3 heterocycles. The van der Waals surface area contributed by atoms with Gasteiger partial charge in [0, 0.05) is 31.5 Å². The van der Waals surface area contributed by atoms with E-state index < -0.39 is 11.8 Å². The number of carboxylic acid groups (broad SMARTS) is 1. The average molecular weight is 322 g/mol. The maximum absolute atomic E-state index is 14.7. The van der Waals surface area contributed by atoms with Crippen LogP contribution < -0.4 is 4.74 Å². The summed E-state index contributed by atoms with van der Waals surface area (Å²) in [6.45, 7) is 4.74. The molecule has 0 spiro atoms. The van der Waals surface area contributed by atoms with Crippen LogP contribution in [-0.4, -0.2) is 39.8 Å². The number of nitrogens with zero attached hydrogens (tertiary/aromatic N) is 2. The molecule has 0 unspecified atom stereocenters. The van der Waals surface area contributed by atoms with Crippen LogP contribution in [-0.2, 0) is 4.74 Å². The van der Waals surface area contributed by atoms with Gasteiger partial charge in [0.05, 0.1) is 11.8 Å². The molecule has 0 bridgehead atoms. The van der Waals surface area contributed by atoms with Gasteiger partial charge in [-0.15, -0.1) is 0 Å². The van der Waals surface area contributed by atoms with Crippen LogP contribution >= 0.6 is 0 Å². The molecule has 7 heteroatoms. The zero-order valence-corrected chi connectivity index (χ0v) is 13.1. The number of aromatic nitrogens is 2. The Morgan fingerprint density at radius 2 is 2.13 bits per heavy atom. The van der Waals surface area contributed by atoms with Crippen molar-refractivity contribution in [2.24, 2.45) is 0 Å². The SMILES string of the molecule is CC(C)Oc1c(C(=O)O)cn2cc(C3CCOCC3)nc2c1F. The summed E-state index contributed by atoms with van der Waals surface area (Å²) >= 11 is 0. The highest BCUT2D eigenvalue weighted by atomic mass is 19.1. The third-order valence-electron chi connectivity index (χ3n) is 3.88. The Morgan fingerprint density at radius 3 is 2.74 bits per heavy atom. The number of carboxylic acids is 1. The van der Waals surface area contributed by atoms with Gasteiger partial charge in [-0.3, -0.25) is 0 Å². The molecular weight excluding hydrogens is 303 g/mol. The first-order valence-electron chi connectivity index (χ1n) is 7.66. The molecule has 124 valence electrons. The molecule has 0 aromatic carbocycles. The third kappa shape index (κ3) is 3.01. The Bertz CT molecular complexity index is 735. The second-order valence-electron chi connectivity index (χ2n) is 5.94. The van der Waals surface area contributed by atoms with Crippen LogP contribution in [0.15, 0.2) is 12.4 Å². The standard InChI is InChI=1S/C16H19FN2O4/c1-9(2)23-14-11(16(20)21)7-19-8-12(18-15(19)13(14)17)10-3-5-22-6-4-10/h7-10H,3-6H2,1-2H3,(H,20,21). The summed E-state index contributed by atoms with van der Waals surface area (Å²) in [5.41, 5.74) is 0.636. The van der Waals surface area contributed by atoms with Crippen LogP contribution in [0, 0.1) is 5.82 Å². The van der Waals surface area contributed by atoms with Crippen LogP contribution in [0.5, 0.6) is 5.75 Å². The van der Waals surface area contributed by atoms with E-state index in [0.29, 0.717) is 13.2 Å². The Hall–Kier alpha value is -2.15. The average Bonchev–Trinajstić information content (AvgIpc) is 2.94. The minimum Gasteiger partial charge on any atom is -0.487 e. The summed E-state index contributed by atoms with van der Waals surface area (Å²) in [6, 6.07) is 0. The predicted molar refractivity (Wildman–Crippen MR) is 80.7 cm³/mol. The lowest BCUT2D eigenvalue weighted by atomic mass is 9.97. The molecule has 0 saturated carbocycles. The van der Waals surface area contributed by atoms with Crippen molar-refractivity contribution in [2.45, 2.75) is 38.7 Å². The molecule has 0 aliphatic carbocycles. The highest BCUT2D eigenvalue weighted by Crippen LogP contribution is 2.31. The van der Waals surface area contributed by atoms with E-state index in [1.54, 1.807) is 20.0 Å². The first kappa shape index (κ1) is 15.7. The van der Waals surface area contributed by atoms with Gasteiger partial charge in [-0.2, -0.15) is 4.39 Å². The van der Waals surface area contributed by atoms with E-state index in [2.05, 4.69) is 4.98 Å². The number of hydrogen-bond acceptors (Lipinski definition) is 4. The predicted octanol–water partition coefficient (Wildman–Crippen LogP) is 2.85. The number of rotatable bonds is 4. The second kappa shape index (κ2) is 6.16. The van der Waals surface area contributed by atoms with E-state index in [1.807, 2.05) is 0 Å². The van der Waals surface area contributed by atoms with E-state index in [4.69, 9.17) is 9.47 Å². The minimum absolute atomic E-state index is 0.0899. The number of ether oxygens (including phenoxy) is 2. The van der Waals surface area contributed by atoms with Crippen LogP contribution in [0.3, 0.4) is 0 Å². The maximum atomic E-state index is 14.7. The number of halogens is 1. The molecule has 2 aromatic heterocycles. The summed E-state index contributed by atoms with van der Waals surface area (Å²) in [7, 11) is 0. The number of aromatic carboxylic acids is 1. The zero-order chi connectivity index (χ0) is 16.6. The van der Waals surface area contributed by atoms with Gasteiger partial charge in [0.1, 0.15) is 5.56 Å². The van der Waals surface area contributed by atoms with Crippen LogP contribution in [0.2, 0.25) is 0 Å². The summed E-state index contributed by atoms with van der Waals surface area (Å²) in [5, 5.41) is 9.32. The molecule has 1 fully saturated rings. The summed E-state index contributed by atoms with van der Waals surface area (Å²) in [5.74, 6) is -2.03. The Balaban J connectivity index is 2.10. The Labute approximate surface area is 132 Å². The Morgan fingerprint density at radius 1 is 1.43 bits per heavy atom. The first-order chi connectivity index (χ1) is 11.0. The molecule has 1 aliphatic heterocycles. The number of carbonyl (C=O) groups is 1. The van der Waals surface area contributed by atoms with Crippen molar-refractivity contribution in [1.29, 1.82) is 0 Å². The highest BCUT2D eigenvalue weighted by Gasteiger charge is 2.25. The van der Waals surface area contributed by atoms with Crippen LogP contribution in [0.25, 0.3) is 5.65 Å². The summed E-state index contributed by atoms with van der Waals surface area (Å²) in [4.78, 5) is 15.8. The smallest absolute Gasteiger partial charge is 0.341 e. The lowest BCUT2D eigenvalue weighted by Crippen LogP contribution is -2.14. The van der Waals surface area contributed by atoms with E-state index in [1.165, 1.54) is 10.6 Å². The fraction of sp³-hybridized carbons (Fsp3) is 0.500. The van der Waals surface area contributed by atoms with Crippen molar-refractivity contribution in [3.05, 3.63) is 29.5 Å². The molecule has 0 radical (unpaired) electrons. The van der Waals surface area contributed by atoms with Gasteiger partial charge < -0.3 is 19.0 Å². The normalized spacial score (nSPS) is 16.2. The van der Waals surface area contributed by atoms with Gasteiger partial charge in [-0.1, -0.05) is 0 Å². The van der Waals surface area contributed by atoms with Crippen molar-refractivity contribution >= 4 is 11.6 Å². The van der Waals surface area contributed by atoms with Crippen LogP contribution in [0.1, 0.15) is 48.7 Å². The van der Waals surface area contributed by atoms with Gasteiger partial charge in [0.25, 0.3) is 0 Å². The molecule has 1 aliphatic rings. The largest absolute Gasteiger partial charge is 0.487 e. The lowest BCUT2D eigenvalue weighted by Gasteiger charge is -2.19. The first-order valence-corrected chi connectivity index (χ1v) is 7.66. The molecule has 6 nitrogen and oxygen atoms in total. The van der Waals surface area contributed by atoms with Gasteiger partial charge in [0.15, 0.2) is 11.4 Å². The number of pyridine rings is 1. The lowest BCUT2D eigenvalue weighted by molar-refractivity contribution is 0.0688. The van der Waals surface area contributed by atoms with E-state index >= 15 is 0 Å². The van der Waals surface area contributed by atoms with E-state index in [-0.39, 0.29) is 29.0 Å². The maximum Gasteiger partial charge on any atom is 0.341 e. The number of fused-ring (bicyclic) bond motifs is 1. The zero-order valence-electron chi connectivity index (χ0n) is 13.1. The fourth-order valence-electron chi connectivity index (χ4n) is 2.78. The third-order valence-corrected chi connectivity index (χ3v) is 3.88. The fourth-order valence-corrected chi connectivity index (χ4v) is 2.78. The number of imidazole rings is 1. The molecule has 3 rings (SSSR count). The Kier molecular flexibility index (Phi) is 4.21. The van der Waals surface area contributed by atoms with Gasteiger partial charge in [-0.05, 0) is 26.7 Å². The molecule has 1 saturated heterocycles. The topological polar surface area (TPSA) is 73.1 Å². The van der Waals surface area contributed by atoms with Gasteiger partial charge >= 0.3 is 5.97 Å². The van der Waals surface area contributed by atoms with Gasteiger partial charge in [-0.25, -0.2) is 9.78 Å². The molecule has 0 atom stereocenters. The van der Waals surface area contributed by atoms with Crippen molar-refractivity contribution < 1.29 is 23.8 Å². The van der Waals surface area contributed by atoms with Crippen LogP contribution in [0.4, 0.5) is 4.39 Å². The summed E-state index contributed by atoms with van der Waals surface area (Å²) in [6.07, 6.45) is 4.36. The van der Waals surface area contributed by atoms with Crippen molar-refractivity contribution in [1.82, 2.24) is 9.38 Å². The molecule has 0 amide bonds. The summed E-state index contributed by atoms with van der Waals surface area (Å²) < 4.78 is 26.9. The highest BCUT2D eigenvalue weighted by molar-refractivity contribution is 5.91. The number of hydrogen-bond donors (Lipinski definition) is 1. The van der Waals surface area contributed by atoms with E-state index in [0.717, 1.165) is 18.5 Å². The minimum atomic E-state index is -1.23. The monoisotopic (exact) mass is 322 g/mol. The van der Waals surface area contributed by atoms with Gasteiger partial charge in [0.2, 0.25) is 5.82 Å². The second-order valence-corrected chi connectivity index (χ2v) is 5.94. The van der Waals surface area contributed by atoms with Crippen molar-refractivity contribution in [3.63, 3.8) is 0 Å². The molecule has 23 heavy (non-hydrogen) atoms.